The van der Waals surface area contributed by atoms with E-state index in [-0.39, 0.29) is 22.8 Å². The Bertz CT molecular complexity index is 1080. The van der Waals surface area contributed by atoms with E-state index in [9.17, 15) is 14.9 Å². The van der Waals surface area contributed by atoms with Crippen molar-refractivity contribution in [2.45, 2.75) is 13.8 Å². The fourth-order valence-corrected chi connectivity index (χ4v) is 3.05. The first kappa shape index (κ1) is 20.0. The van der Waals surface area contributed by atoms with Crippen LogP contribution in [0.3, 0.4) is 0 Å². The minimum Gasteiger partial charge on any atom is -0.457 e. The molecule has 0 aliphatic heterocycles. The van der Waals surface area contributed by atoms with Crippen molar-refractivity contribution in [2.24, 2.45) is 0 Å². The van der Waals surface area contributed by atoms with Crippen molar-refractivity contribution in [3.05, 3.63) is 72.4 Å². The van der Waals surface area contributed by atoms with Crippen LogP contribution in [-0.2, 0) is 0 Å². The van der Waals surface area contributed by atoms with E-state index in [0.29, 0.717) is 14.8 Å². The zero-order valence-electron chi connectivity index (χ0n) is 14.7. The van der Waals surface area contributed by atoms with Crippen LogP contribution in [0, 0.1) is 24.0 Å². The number of ether oxygens (including phenoxy) is 1. The normalized spacial score (nSPS) is 10.6. The van der Waals surface area contributed by atoms with Crippen molar-refractivity contribution in [2.75, 3.05) is 5.32 Å². The van der Waals surface area contributed by atoms with E-state index in [1.54, 1.807) is 0 Å². The molecular formula is C18H14Br2N4O4. The molecule has 0 radical (unpaired) electrons. The van der Waals surface area contributed by atoms with Crippen LogP contribution in [0.5, 0.6) is 11.5 Å². The quantitative estimate of drug-likeness (QED) is 0.348. The van der Waals surface area contributed by atoms with Gasteiger partial charge < -0.3 is 10.1 Å². The third-order valence-electron chi connectivity index (χ3n) is 3.81. The fourth-order valence-electron chi connectivity index (χ4n) is 2.41. The van der Waals surface area contributed by atoms with E-state index in [1.807, 2.05) is 32.0 Å². The molecule has 0 saturated carbocycles. The number of nitrogens with zero attached hydrogens (tertiary/aromatic N) is 2. The minimum atomic E-state index is -0.549. The average molecular weight is 510 g/mol. The molecule has 1 heterocycles. The summed E-state index contributed by atoms with van der Waals surface area (Å²) in [6.07, 6.45) is 0. The molecule has 8 nitrogen and oxygen atoms in total. The molecule has 0 fully saturated rings. The molecule has 0 saturated heterocycles. The van der Waals surface area contributed by atoms with Crippen LogP contribution < -0.4 is 10.1 Å². The molecule has 0 unspecified atom stereocenters. The molecule has 3 rings (SSSR count). The Morgan fingerprint density at radius 1 is 1.21 bits per heavy atom. The van der Waals surface area contributed by atoms with Gasteiger partial charge in [-0.15, -0.1) is 0 Å². The van der Waals surface area contributed by atoms with Gasteiger partial charge in [0.2, 0.25) is 0 Å². The summed E-state index contributed by atoms with van der Waals surface area (Å²) in [4.78, 5) is 23.2. The number of hydrogen-bond donors (Lipinski definition) is 2. The van der Waals surface area contributed by atoms with E-state index in [0.717, 1.165) is 11.1 Å². The predicted molar refractivity (Wildman–Crippen MR) is 111 cm³/mol. The zero-order chi connectivity index (χ0) is 20.4. The van der Waals surface area contributed by atoms with Crippen molar-refractivity contribution in [3.8, 4) is 11.5 Å². The number of aromatic nitrogens is 2. The molecule has 10 heteroatoms. The summed E-state index contributed by atoms with van der Waals surface area (Å²) in [7, 11) is 0. The van der Waals surface area contributed by atoms with Gasteiger partial charge in [0.15, 0.2) is 5.69 Å². The number of halogens is 2. The molecule has 1 amide bonds. The molecule has 1 aromatic heterocycles. The standard InChI is InChI=1S/C18H14Br2N4O4/c1-9-3-4-10(2)14(5-9)28-13-7-11(6-12(8-13)24(26)27)21-18(25)16-15(19)17(20)23-22-16/h3-8H,1-2H3,(H,21,25)(H,22,23). The Kier molecular flexibility index (Phi) is 5.80. The molecular weight excluding hydrogens is 496 g/mol. The Morgan fingerprint density at radius 3 is 2.61 bits per heavy atom. The second-order valence-corrected chi connectivity index (χ2v) is 7.58. The van der Waals surface area contributed by atoms with Gasteiger partial charge in [-0.3, -0.25) is 20.0 Å². The molecule has 0 aliphatic rings. The maximum absolute atomic E-state index is 12.4. The van der Waals surface area contributed by atoms with E-state index in [2.05, 4.69) is 47.4 Å². The smallest absolute Gasteiger partial charge is 0.277 e. The Hall–Kier alpha value is -2.72. The molecule has 0 spiro atoms. The fraction of sp³-hybridized carbons (Fsp3) is 0.111. The summed E-state index contributed by atoms with van der Waals surface area (Å²) in [5.74, 6) is 0.282. The number of rotatable bonds is 5. The van der Waals surface area contributed by atoms with Crippen LogP contribution in [0.2, 0.25) is 0 Å². The van der Waals surface area contributed by atoms with Crippen LogP contribution in [0.1, 0.15) is 21.6 Å². The number of nitrogens with one attached hydrogen (secondary N) is 2. The molecule has 0 atom stereocenters. The lowest BCUT2D eigenvalue weighted by Crippen LogP contribution is -2.13. The second-order valence-electron chi connectivity index (χ2n) is 6.00. The molecule has 144 valence electrons. The summed E-state index contributed by atoms with van der Waals surface area (Å²) >= 11 is 6.45. The van der Waals surface area contributed by atoms with Crippen molar-refractivity contribution < 1.29 is 14.5 Å². The molecule has 0 aliphatic carbocycles. The highest BCUT2D eigenvalue weighted by Gasteiger charge is 2.19. The highest BCUT2D eigenvalue weighted by Crippen LogP contribution is 2.32. The third-order valence-corrected chi connectivity index (χ3v) is 5.69. The van der Waals surface area contributed by atoms with Gasteiger partial charge in [-0.05, 0) is 62.9 Å². The Labute approximate surface area is 176 Å². The largest absolute Gasteiger partial charge is 0.457 e. The van der Waals surface area contributed by atoms with E-state index >= 15 is 0 Å². The third kappa shape index (κ3) is 4.39. The SMILES string of the molecule is Cc1ccc(C)c(Oc2cc(NC(=O)c3n[nH]c(Br)c3Br)cc([N+](=O)[O-])c2)c1. The van der Waals surface area contributed by atoms with Gasteiger partial charge in [-0.1, -0.05) is 12.1 Å². The van der Waals surface area contributed by atoms with Gasteiger partial charge in [0.1, 0.15) is 16.1 Å². The Morgan fingerprint density at radius 2 is 1.96 bits per heavy atom. The summed E-state index contributed by atoms with van der Waals surface area (Å²) in [5.41, 5.74) is 1.99. The summed E-state index contributed by atoms with van der Waals surface area (Å²) in [6, 6.07) is 9.76. The summed E-state index contributed by atoms with van der Waals surface area (Å²) < 4.78 is 6.80. The number of carbonyl (C=O) groups excluding carboxylic acids is 1. The first-order chi connectivity index (χ1) is 13.2. The number of benzene rings is 2. The van der Waals surface area contributed by atoms with Gasteiger partial charge in [-0.25, -0.2) is 0 Å². The number of H-pyrrole nitrogens is 1. The zero-order valence-corrected chi connectivity index (χ0v) is 17.9. The monoisotopic (exact) mass is 508 g/mol. The molecule has 28 heavy (non-hydrogen) atoms. The minimum absolute atomic E-state index is 0.107. The van der Waals surface area contributed by atoms with Crippen LogP contribution >= 0.6 is 31.9 Å². The number of nitro groups is 1. The second kappa shape index (κ2) is 8.11. The van der Waals surface area contributed by atoms with E-state index < -0.39 is 10.8 Å². The lowest BCUT2D eigenvalue weighted by atomic mass is 10.1. The van der Waals surface area contributed by atoms with Gasteiger partial charge >= 0.3 is 0 Å². The molecule has 0 bridgehead atoms. The van der Waals surface area contributed by atoms with E-state index in [1.165, 1.54) is 18.2 Å². The van der Waals surface area contributed by atoms with Crippen LogP contribution in [-0.4, -0.2) is 21.0 Å². The highest BCUT2D eigenvalue weighted by molar-refractivity contribution is 9.13. The lowest BCUT2D eigenvalue weighted by Gasteiger charge is -2.11. The van der Waals surface area contributed by atoms with Crippen molar-refractivity contribution in [1.29, 1.82) is 0 Å². The van der Waals surface area contributed by atoms with Crippen LogP contribution in [0.25, 0.3) is 0 Å². The maximum atomic E-state index is 12.4. The number of amides is 1. The maximum Gasteiger partial charge on any atom is 0.277 e. The highest BCUT2D eigenvalue weighted by atomic mass is 79.9. The van der Waals surface area contributed by atoms with Crippen molar-refractivity contribution >= 4 is 49.1 Å². The summed E-state index contributed by atoms with van der Waals surface area (Å²) in [6.45, 7) is 3.80. The first-order valence-electron chi connectivity index (χ1n) is 8.00. The Balaban J connectivity index is 1.93. The molecule has 3 aromatic rings. The van der Waals surface area contributed by atoms with Gasteiger partial charge in [0.05, 0.1) is 21.1 Å². The number of carbonyl (C=O) groups is 1. The molecule has 2 aromatic carbocycles. The average Bonchev–Trinajstić information content (AvgIpc) is 2.97. The lowest BCUT2D eigenvalue weighted by molar-refractivity contribution is -0.384. The number of non-ortho nitro benzene ring substituents is 1. The first-order valence-corrected chi connectivity index (χ1v) is 9.58. The van der Waals surface area contributed by atoms with Gasteiger partial charge in [0.25, 0.3) is 11.6 Å². The van der Waals surface area contributed by atoms with Crippen molar-refractivity contribution in [3.63, 3.8) is 0 Å². The van der Waals surface area contributed by atoms with Gasteiger partial charge in [-0.2, -0.15) is 5.10 Å². The van der Waals surface area contributed by atoms with Crippen LogP contribution in [0.4, 0.5) is 11.4 Å². The topological polar surface area (TPSA) is 110 Å². The number of hydrogen-bond acceptors (Lipinski definition) is 5. The van der Waals surface area contributed by atoms with Gasteiger partial charge in [0, 0.05) is 12.1 Å². The number of anilines is 1. The predicted octanol–water partition coefficient (Wildman–Crippen LogP) is 5.50. The summed E-state index contributed by atoms with van der Waals surface area (Å²) in [5, 5.41) is 20.4. The van der Waals surface area contributed by atoms with Crippen LogP contribution in [0.15, 0.2) is 45.5 Å². The molecule has 2 N–H and O–H groups in total. The van der Waals surface area contributed by atoms with Crippen molar-refractivity contribution in [1.82, 2.24) is 10.2 Å². The van der Waals surface area contributed by atoms with E-state index in [4.69, 9.17) is 4.74 Å². The number of aromatic amines is 1. The number of nitro benzene ring substituents is 1. The number of aryl methyl sites for hydroxylation is 2.